The number of sulfone groups is 1. The van der Waals surface area contributed by atoms with Crippen LogP contribution in [0.3, 0.4) is 0 Å². The number of hydrogen-bond acceptors (Lipinski definition) is 4. The number of hydrogen-bond donors (Lipinski definition) is 1. The predicted octanol–water partition coefficient (Wildman–Crippen LogP) is 3.71. The van der Waals surface area contributed by atoms with E-state index in [2.05, 4.69) is 5.32 Å². The number of rotatable bonds is 8. The normalized spacial score (nSPS) is 12.2. The molecule has 1 N–H and O–H groups in total. The van der Waals surface area contributed by atoms with Gasteiger partial charge < -0.3 is 10.1 Å². The summed E-state index contributed by atoms with van der Waals surface area (Å²) in [5.41, 5.74) is 2.16. The van der Waals surface area contributed by atoms with Crippen LogP contribution < -0.4 is 10.1 Å². The van der Waals surface area contributed by atoms with Crippen molar-refractivity contribution in [2.45, 2.75) is 17.9 Å². The molecule has 3 aromatic rings. The van der Waals surface area contributed by atoms with Crippen molar-refractivity contribution in [1.29, 1.82) is 0 Å². The molecular weight excluding hydrogens is 386 g/mol. The minimum atomic E-state index is -3.43. The zero-order valence-corrected chi connectivity index (χ0v) is 16.9. The quantitative estimate of drug-likeness (QED) is 0.616. The molecule has 3 aromatic carbocycles. The summed E-state index contributed by atoms with van der Waals surface area (Å²) >= 11 is 0. The van der Waals surface area contributed by atoms with Crippen LogP contribution in [0.5, 0.6) is 5.75 Å². The van der Waals surface area contributed by atoms with Crippen molar-refractivity contribution >= 4 is 15.7 Å². The SMILES string of the molecule is CC(Oc1ccc(-c2ccccc2)cc1)C(=O)NCCS(=O)(=O)c1ccccc1. The Morgan fingerprint density at radius 1 is 0.862 bits per heavy atom. The van der Waals surface area contributed by atoms with Gasteiger partial charge in [-0.3, -0.25) is 4.79 Å². The van der Waals surface area contributed by atoms with Crippen molar-refractivity contribution in [3.63, 3.8) is 0 Å². The average Bonchev–Trinajstić information content (AvgIpc) is 2.75. The molecule has 0 fully saturated rings. The van der Waals surface area contributed by atoms with Gasteiger partial charge in [-0.15, -0.1) is 0 Å². The fourth-order valence-electron chi connectivity index (χ4n) is 2.81. The van der Waals surface area contributed by atoms with Crippen molar-refractivity contribution in [3.8, 4) is 16.9 Å². The number of carbonyl (C=O) groups is 1. The second-order valence-corrected chi connectivity index (χ2v) is 8.68. The van der Waals surface area contributed by atoms with Gasteiger partial charge in [0.05, 0.1) is 10.6 Å². The molecule has 3 rings (SSSR count). The maximum absolute atomic E-state index is 12.2. The second-order valence-electron chi connectivity index (χ2n) is 6.57. The summed E-state index contributed by atoms with van der Waals surface area (Å²) in [6, 6.07) is 25.6. The molecule has 0 heterocycles. The Morgan fingerprint density at radius 3 is 2.03 bits per heavy atom. The first-order valence-corrected chi connectivity index (χ1v) is 11.0. The highest BCUT2D eigenvalue weighted by molar-refractivity contribution is 7.91. The smallest absolute Gasteiger partial charge is 0.260 e. The van der Waals surface area contributed by atoms with Crippen molar-refractivity contribution in [2.24, 2.45) is 0 Å². The number of ether oxygens (including phenoxy) is 1. The van der Waals surface area contributed by atoms with E-state index >= 15 is 0 Å². The predicted molar refractivity (Wildman–Crippen MR) is 113 cm³/mol. The van der Waals surface area contributed by atoms with E-state index in [-0.39, 0.29) is 23.1 Å². The molecule has 0 saturated heterocycles. The molecule has 0 aromatic heterocycles. The molecule has 1 unspecified atom stereocenters. The fourth-order valence-corrected chi connectivity index (χ4v) is 3.99. The highest BCUT2D eigenvalue weighted by Crippen LogP contribution is 2.22. The summed E-state index contributed by atoms with van der Waals surface area (Å²) in [5, 5.41) is 2.62. The van der Waals surface area contributed by atoms with Crippen LogP contribution in [-0.2, 0) is 14.6 Å². The van der Waals surface area contributed by atoms with Crippen molar-refractivity contribution < 1.29 is 17.9 Å². The Balaban J connectivity index is 1.50. The summed E-state index contributed by atoms with van der Waals surface area (Å²) in [7, 11) is -3.43. The van der Waals surface area contributed by atoms with Gasteiger partial charge in [-0.2, -0.15) is 0 Å². The van der Waals surface area contributed by atoms with E-state index in [9.17, 15) is 13.2 Å². The van der Waals surface area contributed by atoms with Gasteiger partial charge in [0.15, 0.2) is 15.9 Å². The summed E-state index contributed by atoms with van der Waals surface area (Å²) in [6.45, 7) is 1.66. The van der Waals surface area contributed by atoms with E-state index in [1.165, 1.54) is 0 Å². The lowest BCUT2D eigenvalue weighted by atomic mass is 10.1. The molecule has 1 atom stereocenters. The summed E-state index contributed by atoms with van der Waals surface area (Å²) < 4.78 is 30.2. The van der Waals surface area contributed by atoms with Crippen molar-refractivity contribution in [1.82, 2.24) is 5.32 Å². The van der Waals surface area contributed by atoms with Crippen LogP contribution in [0.1, 0.15) is 6.92 Å². The summed E-state index contributed by atoms with van der Waals surface area (Å²) in [4.78, 5) is 12.5. The summed E-state index contributed by atoms with van der Waals surface area (Å²) in [6.07, 6.45) is -0.739. The van der Waals surface area contributed by atoms with Gasteiger partial charge in [0, 0.05) is 6.54 Å². The van der Waals surface area contributed by atoms with Crippen LogP contribution >= 0.6 is 0 Å². The largest absolute Gasteiger partial charge is 0.481 e. The number of benzene rings is 3. The van der Waals surface area contributed by atoms with E-state index in [4.69, 9.17) is 4.74 Å². The van der Waals surface area contributed by atoms with E-state index in [0.717, 1.165) is 11.1 Å². The van der Waals surface area contributed by atoms with Gasteiger partial charge in [-0.25, -0.2) is 8.42 Å². The third-order valence-corrected chi connectivity index (χ3v) is 6.15. The molecule has 0 spiro atoms. The van der Waals surface area contributed by atoms with E-state index < -0.39 is 15.9 Å². The lowest BCUT2D eigenvalue weighted by molar-refractivity contribution is -0.127. The van der Waals surface area contributed by atoms with Gasteiger partial charge in [0.25, 0.3) is 5.91 Å². The van der Waals surface area contributed by atoms with Gasteiger partial charge in [-0.1, -0.05) is 60.7 Å². The Labute approximate surface area is 171 Å². The molecule has 0 radical (unpaired) electrons. The van der Waals surface area contributed by atoms with E-state index in [1.807, 2.05) is 54.6 Å². The molecule has 5 nitrogen and oxygen atoms in total. The summed E-state index contributed by atoms with van der Waals surface area (Å²) in [5.74, 6) is 0.0472. The van der Waals surface area contributed by atoms with Gasteiger partial charge in [0.2, 0.25) is 0 Å². The van der Waals surface area contributed by atoms with Crippen molar-refractivity contribution in [3.05, 3.63) is 84.9 Å². The standard InChI is InChI=1S/C23H23NO4S/c1-18(23(25)24-16-17-29(26,27)22-10-6-3-7-11-22)28-21-14-12-20(13-15-21)19-8-4-2-5-9-19/h2-15,18H,16-17H2,1H3,(H,24,25). The monoisotopic (exact) mass is 409 g/mol. The molecule has 0 bridgehead atoms. The molecule has 29 heavy (non-hydrogen) atoms. The molecular formula is C23H23NO4S. The van der Waals surface area contributed by atoms with E-state index in [0.29, 0.717) is 5.75 Å². The van der Waals surface area contributed by atoms with Crippen LogP contribution in [-0.4, -0.2) is 32.7 Å². The molecule has 1 amide bonds. The Bertz CT molecular complexity index is 1030. The lowest BCUT2D eigenvalue weighted by Gasteiger charge is -2.15. The molecule has 0 aliphatic heterocycles. The van der Waals surface area contributed by atoms with Gasteiger partial charge in [0.1, 0.15) is 5.75 Å². The van der Waals surface area contributed by atoms with E-state index in [1.54, 1.807) is 37.3 Å². The zero-order valence-electron chi connectivity index (χ0n) is 16.1. The maximum Gasteiger partial charge on any atom is 0.260 e. The Morgan fingerprint density at radius 2 is 1.41 bits per heavy atom. The highest BCUT2D eigenvalue weighted by atomic mass is 32.2. The minimum absolute atomic E-state index is 0.0245. The molecule has 0 saturated carbocycles. The zero-order chi connectivity index (χ0) is 20.7. The highest BCUT2D eigenvalue weighted by Gasteiger charge is 2.17. The molecule has 0 aliphatic carbocycles. The average molecular weight is 410 g/mol. The number of nitrogens with one attached hydrogen (secondary N) is 1. The molecule has 0 aliphatic rings. The lowest BCUT2D eigenvalue weighted by Crippen LogP contribution is -2.38. The Hall–Kier alpha value is -3.12. The second kappa shape index (κ2) is 9.39. The fraction of sp³-hybridized carbons (Fsp3) is 0.174. The molecule has 150 valence electrons. The van der Waals surface area contributed by atoms with Crippen molar-refractivity contribution in [2.75, 3.05) is 12.3 Å². The number of amides is 1. The number of carbonyl (C=O) groups excluding carboxylic acids is 1. The third-order valence-electron chi connectivity index (χ3n) is 4.42. The van der Waals surface area contributed by atoms with Gasteiger partial charge in [-0.05, 0) is 42.3 Å². The first kappa shape index (κ1) is 20.6. The van der Waals surface area contributed by atoms with Crippen LogP contribution in [0, 0.1) is 0 Å². The van der Waals surface area contributed by atoms with Gasteiger partial charge >= 0.3 is 0 Å². The Kier molecular flexibility index (Phi) is 6.67. The van der Waals surface area contributed by atoms with Crippen LogP contribution in [0.15, 0.2) is 89.8 Å². The topological polar surface area (TPSA) is 72.5 Å². The molecule has 6 heteroatoms. The van der Waals surface area contributed by atoms with Crippen LogP contribution in [0.4, 0.5) is 0 Å². The first-order chi connectivity index (χ1) is 14.0. The minimum Gasteiger partial charge on any atom is -0.481 e. The maximum atomic E-state index is 12.2. The van der Waals surface area contributed by atoms with Crippen LogP contribution in [0.2, 0.25) is 0 Å². The third kappa shape index (κ3) is 5.68. The first-order valence-electron chi connectivity index (χ1n) is 9.33. The van der Waals surface area contributed by atoms with Crippen LogP contribution in [0.25, 0.3) is 11.1 Å².